The fourth-order valence-corrected chi connectivity index (χ4v) is 6.87. The van der Waals surface area contributed by atoms with Crippen molar-refractivity contribution in [3.8, 4) is 0 Å². The molecule has 0 aromatic rings. The molecule has 334 valence electrons. The molecule has 0 aliphatic rings. The number of nitrogens with one attached hydrogen (secondary N) is 1. The SMILES string of the molecule is CC/C=C\C/C=C\C/C=C\C/C=C\C/C=C\CCCC(CC(=O)NC(CO)C(O)CCCCCCCCCCC)OC(=O)CCCCC/C=C\CCCCCCCC. The minimum atomic E-state index is -0.805. The van der Waals surface area contributed by atoms with Gasteiger partial charge in [-0.1, -0.05) is 190 Å². The Kier molecular flexibility index (Phi) is 43.3. The highest BCUT2D eigenvalue weighted by Crippen LogP contribution is 2.16. The highest BCUT2D eigenvalue weighted by Gasteiger charge is 2.24. The molecule has 0 aromatic heterocycles. The third kappa shape index (κ3) is 40.1. The fraction of sp³-hybridized carbons (Fsp3) is 0.731. The first-order valence-electron chi connectivity index (χ1n) is 24.2. The molecule has 0 saturated heterocycles. The number of aliphatic hydroxyl groups is 2. The zero-order valence-electron chi connectivity index (χ0n) is 37.9. The molecule has 0 heterocycles. The Morgan fingerprint density at radius 3 is 1.47 bits per heavy atom. The van der Waals surface area contributed by atoms with E-state index >= 15 is 0 Å². The van der Waals surface area contributed by atoms with Crippen molar-refractivity contribution in [1.29, 1.82) is 0 Å². The molecule has 3 N–H and O–H groups in total. The third-order valence-corrected chi connectivity index (χ3v) is 10.5. The van der Waals surface area contributed by atoms with Crippen molar-refractivity contribution in [2.45, 2.75) is 238 Å². The maximum atomic E-state index is 13.1. The second-order valence-corrected chi connectivity index (χ2v) is 16.1. The van der Waals surface area contributed by atoms with Crippen molar-refractivity contribution in [3.63, 3.8) is 0 Å². The van der Waals surface area contributed by atoms with Gasteiger partial charge in [-0.2, -0.15) is 0 Å². The minimum absolute atomic E-state index is 0.0298. The Hall–Kier alpha value is -2.70. The summed E-state index contributed by atoms with van der Waals surface area (Å²) < 4.78 is 5.88. The molecule has 0 bridgehead atoms. The van der Waals surface area contributed by atoms with Gasteiger partial charge in [0.25, 0.3) is 0 Å². The topological polar surface area (TPSA) is 95.9 Å². The van der Waals surface area contributed by atoms with Gasteiger partial charge in [-0.25, -0.2) is 0 Å². The molecule has 0 radical (unpaired) electrons. The number of hydrogen-bond acceptors (Lipinski definition) is 5. The van der Waals surface area contributed by atoms with Crippen LogP contribution in [-0.4, -0.2) is 46.9 Å². The standard InChI is InChI=1S/C52H91NO5/c1-4-7-10-13-16-19-21-23-24-25-26-28-29-32-34-37-40-43-48(58-52(57)45-42-39-36-33-30-27-22-20-17-14-11-8-5-2)46-51(56)53-49(47-54)50(55)44-41-38-35-31-18-15-12-9-6-3/h7,10,16,19,23-24,26-28,30,32,34,48-50,54-55H,4-6,8-9,11-15,17-18,20-22,25,29,31,33,35-47H2,1-3H3,(H,53,56)/b10-7-,19-16-,24-23-,28-26-,30-27-,34-32-. The molecule has 0 rings (SSSR count). The third-order valence-electron chi connectivity index (χ3n) is 10.5. The molecular weight excluding hydrogens is 719 g/mol. The van der Waals surface area contributed by atoms with Gasteiger partial charge in [0.2, 0.25) is 5.91 Å². The van der Waals surface area contributed by atoms with Crippen LogP contribution in [0.2, 0.25) is 0 Å². The molecule has 58 heavy (non-hydrogen) atoms. The summed E-state index contributed by atoms with van der Waals surface area (Å²) in [5, 5.41) is 23.6. The molecule has 0 aromatic carbocycles. The lowest BCUT2D eigenvalue weighted by molar-refractivity contribution is -0.151. The number of unbranched alkanes of at least 4 members (excludes halogenated alkanes) is 18. The number of allylic oxidation sites excluding steroid dienone is 12. The van der Waals surface area contributed by atoms with Gasteiger partial charge in [0.05, 0.1) is 25.2 Å². The van der Waals surface area contributed by atoms with Gasteiger partial charge in [-0.15, -0.1) is 0 Å². The van der Waals surface area contributed by atoms with E-state index in [4.69, 9.17) is 4.74 Å². The lowest BCUT2D eigenvalue weighted by Crippen LogP contribution is -2.46. The number of hydrogen-bond donors (Lipinski definition) is 3. The Balaban J connectivity index is 4.75. The van der Waals surface area contributed by atoms with Crippen LogP contribution < -0.4 is 5.32 Å². The Labute approximate surface area is 358 Å². The van der Waals surface area contributed by atoms with Gasteiger partial charge >= 0.3 is 5.97 Å². The van der Waals surface area contributed by atoms with Crippen LogP contribution in [0.1, 0.15) is 220 Å². The average Bonchev–Trinajstić information content (AvgIpc) is 3.22. The predicted molar refractivity (Wildman–Crippen MR) is 250 cm³/mol. The van der Waals surface area contributed by atoms with Crippen molar-refractivity contribution >= 4 is 11.9 Å². The number of ether oxygens (including phenoxy) is 1. The van der Waals surface area contributed by atoms with E-state index in [9.17, 15) is 19.8 Å². The number of carbonyl (C=O) groups is 2. The van der Waals surface area contributed by atoms with Crippen molar-refractivity contribution < 1.29 is 24.5 Å². The summed E-state index contributed by atoms with van der Waals surface area (Å²) >= 11 is 0. The van der Waals surface area contributed by atoms with E-state index in [-0.39, 0.29) is 24.9 Å². The summed E-state index contributed by atoms with van der Waals surface area (Å²) in [6.07, 6.45) is 56.8. The summed E-state index contributed by atoms with van der Waals surface area (Å²) in [6, 6.07) is -0.723. The number of rotatable bonds is 42. The lowest BCUT2D eigenvalue weighted by atomic mass is 10.0. The summed E-state index contributed by atoms with van der Waals surface area (Å²) in [7, 11) is 0. The van der Waals surface area contributed by atoms with Gasteiger partial charge in [0.1, 0.15) is 6.10 Å². The van der Waals surface area contributed by atoms with E-state index in [0.29, 0.717) is 19.3 Å². The molecule has 6 heteroatoms. The van der Waals surface area contributed by atoms with E-state index in [2.05, 4.69) is 99.0 Å². The number of amides is 1. The first-order chi connectivity index (χ1) is 28.5. The first kappa shape index (κ1) is 55.3. The zero-order chi connectivity index (χ0) is 42.4. The predicted octanol–water partition coefficient (Wildman–Crippen LogP) is 14.2. The van der Waals surface area contributed by atoms with Crippen molar-refractivity contribution in [2.75, 3.05) is 6.61 Å². The van der Waals surface area contributed by atoms with E-state index in [1.54, 1.807) is 0 Å². The highest BCUT2D eigenvalue weighted by molar-refractivity contribution is 5.77. The molecule has 1 amide bonds. The van der Waals surface area contributed by atoms with Crippen LogP contribution in [0.4, 0.5) is 0 Å². The van der Waals surface area contributed by atoms with Gasteiger partial charge < -0.3 is 20.3 Å². The largest absolute Gasteiger partial charge is 0.462 e. The Morgan fingerprint density at radius 2 is 0.948 bits per heavy atom. The van der Waals surface area contributed by atoms with E-state index in [1.165, 1.54) is 77.0 Å². The molecule has 3 atom stereocenters. The van der Waals surface area contributed by atoms with Crippen LogP contribution in [0.3, 0.4) is 0 Å². The molecule has 0 spiro atoms. The molecule has 0 saturated carbocycles. The number of esters is 1. The fourth-order valence-electron chi connectivity index (χ4n) is 6.87. The van der Waals surface area contributed by atoms with Gasteiger partial charge in [0, 0.05) is 6.42 Å². The molecule has 0 fully saturated rings. The van der Waals surface area contributed by atoms with Gasteiger partial charge in [-0.3, -0.25) is 9.59 Å². The van der Waals surface area contributed by atoms with Crippen LogP contribution in [0.5, 0.6) is 0 Å². The van der Waals surface area contributed by atoms with Crippen LogP contribution in [-0.2, 0) is 14.3 Å². The van der Waals surface area contributed by atoms with Gasteiger partial charge in [-0.05, 0) is 89.9 Å². The summed E-state index contributed by atoms with van der Waals surface area (Å²) in [6.45, 7) is 6.31. The lowest BCUT2D eigenvalue weighted by Gasteiger charge is -2.24. The van der Waals surface area contributed by atoms with E-state index in [1.807, 2.05) is 0 Å². The zero-order valence-corrected chi connectivity index (χ0v) is 37.9. The molecular formula is C52H91NO5. The van der Waals surface area contributed by atoms with Crippen LogP contribution in [0.15, 0.2) is 72.9 Å². The minimum Gasteiger partial charge on any atom is -0.462 e. The number of carbonyl (C=O) groups excluding carboxylic acids is 2. The second-order valence-electron chi connectivity index (χ2n) is 16.1. The van der Waals surface area contributed by atoms with Crippen LogP contribution in [0.25, 0.3) is 0 Å². The smallest absolute Gasteiger partial charge is 0.306 e. The van der Waals surface area contributed by atoms with Crippen molar-refractivity contribution in [3.05, 3.63) is 72.9 Å². The Bertz CT molecular complexity index is 1090. The first-order valence-corrected chi connectivity index (χ1v) is 24.2. The van der Waals surface area contributed by atoms with E-state index < -0.39 is 18.2 Å². The average molecular weight is 810 g/mol. The molecule has 0 aliphatic carbocycles. The van der Waals surface area contributed by atoms with E-state index in [0.717, 1.165) is 96.3 Å². The maximum Gasteiger partial charge on any atom is 0.306 e. The van der Waals surface area contributed by atoms with Crippen LogP contribution in [0, 0.1) is 0 Å². The van der Waals surface area contributed by atoms with Crippen LogP contribution >= 0.6 is 0 Å². The van der Waals surface area contributed by atoms with Crippen molar-refractivity contribution in [1.82, 2.24) is 5.32 Å². The monoisotopic (exact) mass is 810 g/mol. The molecule has 3 unspecified atom stereocenters. The summed E-state index contributed by atoms with van der Waals surface area (Å²) in [5.41, 5.74) is 0. The van der Waals surface area contributed by atoms with Gasteiger partial charge in [0.15, 0.2) is 0 Å². The molecule has 0 aliphatic heterocycles. The molecule has 6 nitrogen and oxygen atoms in total. The number of aliphatic hydroxyl groups excluding tert-OH is 2. The quantitative estimate of drug-likeness (QED) is 0.0324. The maximum absolute atomic E-state index is 13.1. The van der Waals surface area contributed by atoms with Crippen molar-refractivity contribution in [2.24, 2.45) is 0 Å². The summed E-state index contributed by atoms with van der Waals surface area (Å²) in [5.74, 6) is -0.555. The second kappa shape index (κ2) is 45.4. The summed E-state index contributed by atoms with van der Waals surface area (Å²) in [4.78, 5) is 26.0. The normalized spacial score (nSPS) is 13.9. The highest BCUT2D eigenvalue weighted by atomic mass is 16.5. The Morgan fingerprint density at radius 1 is 0.517 bits per heavy atom.